The highest BCUT2D eigenvalue weighted by molar-refractivity contribution is 7.98. The fraction of sp³-hybridized carbons (Fsp3) is 0.435. The van der Waals surface area contributed by atoms with Crippen LogP contribution in [0.5, 0.6) is 11.6 Å². The number of amides is 2. The van der Waals surface area contributed by atoms with Gasteiger partial charge in [-0.3, -0.25) is 9.59 Å². The number of hydrogen-bond acceptors (Lipinski definition) is 5. The number of nitrogens with one attached hydrogen (secondary N) is 1. The van der Waals surface area contributed by atoms with E-state index in [0.717, 1.165) is 17.2 Å². The van der Waals surface area contributed by atoms with Crippen LogP contribution >= 0.6 is 11.8 Å². The number of nitrogens with zero attached hydrogens (tertiary/aromatic N) is 2. The maximum atomic E-state index is 13.8. The average molecular weight is 446 g/mol. The van der Waals surface area contributed by atoms with Gasteiger partial charge in [-0.25, -0.2) is 9.37 Å². The normalized spacial score (nSPS) is 14.5. The average Bonchev–Trinajstić information content (AvgIpc) is 2.75. The minimum absolute atomic E-state index is 0.0490. The third-order valence-electron chi connectivity index (χ3n) is 5.08. The van der Waals surface area contributed by atoms with Crippen molar-refractivity contribution in [1.82, 2.24) is 15.2 Å². The zero-order chi connectivity index (χ0) is 22.4. The molecule has 0 aliphatic carbocycles. The Kier molecular flexibility index (Phi) is 7.90. The van der Waals surface area contributed by atoms with E-state index < -0.39 is 11.7 Å². The summed E-state index contributed by atoms with van der Waals surface area (Å²) in [6.07, 6.45) is 4.83. The van der Waals surface area contributed by atoms with Crippen LogP contribution in [-0.4, -0.2) is 47.1 Å². The summed E-state index contributed by atoms with van der Waals surface area (Å²) >= 11 is 1.57. The molecular weight excluding hydrogens is 417 g/mol. The number of pyridine rings is 1. The van der Waals surface area contributed by atoms with Crippen LogP contribution in [0.15, 0.2) is 41.4 Å². The highest BCUT2D eigenvalue weighted by Gasteiger charge is 2.26. The Morgan fingerprint density at radius 3 is 2.71 bits per heavy atom. The van der Waals surface area contributed by atoms with E-state index in [0.29, 0.717) is 44.0 Å². The Bertz CT molecular complexity index is 930. The van der Waals surface area contributed by atoms with Crippen molar-refractivity contribution < 1.29 is 18.7 Å². The number of piperidine rings is 1. The second-order valence-corrected chi connectivity index (χ2v) is 8.89. The molecule has 1 aliphatic heterocycles. The third kappa shape index (κ3) is 6.43. The first-order valence-electron chi connectivity index (χ1n) is 10.4. The third-order valence-corrected chi connectivity index (χ3v) is 5.81. The molecule has 1 aliphatic rings. The van der Waals surface area contributed by atoms with E-state index in [1.807, 2.05) is 43.2 Å². The summed E-state index contributed by atoms with van der Waals surface area (Å²) in [6.45, 7) is 5.25. The molecule has 0 bridgehead atoms. The molecule has 1 aromatic heterocycles. The van der Waals surface area contributed by atoms with Crippen LogP contribution < -0.4 is 10.1 Å². The van der Waals surface area contributed by atoms with Crippen molar-refractivity contribution in [3.8, 4) is 11.6 Å². The minimum Gasteiger partial charge on any atom is -0.438 e. The summed E-state index contributed by atoms with van der Waals surface area (Å²) in [5, 5.41) is 2.94. The molecule has 1 N–H and O–H groups in total. The van der Waals surface area contributed by atoms with Gasteiger partial charge in [-0.15, -0.1) is 11.8 Å². The molecular formula is C23H28FN3O3S. The Hall–Kier alpha value is -2.61. The first-order valence-corrected chi connectivity index (χ1v) is 11.6. The smallest absolute Gasteiger partial charge is 0.257 e. The van der Waals surface area contributed by atoms with Crippen LogP contribution in [0.1, 0.15) is 43.5 Å². The molecule has 0 atom stereocenters. The van der Waals surface area contributed by atoms with E-state index in [1.165, 1.54) is 0 Å². The molecule has 8 heteroatoms. The van der Waals surface area contributed by atoms with Crippen molar-refractivity contribution >= 4 is 23.6 Å². The number of carbonyl (C=O) groups is 2. The molecule has 6 nitrogen and oxygen atoms in total. The van der Waals surface area contributed by atoms with Crippen LogP contribution in [0.4, 0.5) is 4.39 Å². The van der Waals surface area contributed by atoms with Gasteiger partial charge in [-0.2, -0.15) is 0 Å². The Labute approximate surface area is 186 Å². The van der Waals surface area contributed by atoms with Gasteiger partial charge in [0.15, 0.2) is 0 Å². The van der Waals surface area contributed by atoms with E-state index >= 15 is 0 Å². The molecule has 0 saturated carbocycles. The molecule has 0 unspecified atom stereocenters. The summed E-state index contributed by atoms with van der Waals surface area (Å²) in [5.74, 6) is 0.0100. The molecule has 31 heavy (non-hydrogen) atoms. The number of thioether (sulfide) groups is 1. The standard InChI is InChI=1S/C23H28FN3O3S/c1-15(2)11-21(28)27-9-7-17(8-10-27)26-22(29)20-12-16(24)14-25-23(20)30-18-5-4-6-19(13-18)31-3/h4-6,12-15,17H,7-11H2,1-3H3,(H,26,29). The second-order valence-electron chi connectivity index (χ2n) is 8.01. The van der Waals surface area contributed by atoms with Crippen LogP contribution in [0, 0.1) is 11.7 Å². The lowest BCUT2D eigenvalue weighted by Crippen LogP contribution is -2.46. The first-order chi connectivity index (χ1) is 14.9. The fourth-order valence-electron chi connectivity index (χ4n) is 3.46. The molecule has 1 saturated heterocycles. The Morgan fingerprint density at radius 2 is 2.03 bits per heavy atom. The van der Waals surface area contributed by atoms with Crippen molar-refractivity contribution in [2.45, 2.75) is 44.0 Å². The number of benzene rings is 1. The van der Waals surface area contributed by atoms with E-state index in [-0.39, 0.29) is 23.4 Å². The number of hydrogen-bond donors (Lipinski definition) is 1. The summed E-state index contributed by atoms with van der Waals surface area (Å²) in [6, 6.07) is 8.43. The van der Waals surface area contributed by atoms with Crippen molar-refractivity contribution in [1.29, 1.82) is 0 Å². The topological polar surface area (TPSA) is 71.5 Å². The number of likely N-dealkylation sites (tertiary alicyclic amines) is 1. The van der Waals surface area contributed by atoms with Gasteiger partial charge in [-0.1, -0.05) is 19.9 Å². The predicted octanol–water partition coefficient (Wildman–Crippen LogP) is 4.50. The quantitative estimate of drug-likeness (QED) is 0.636. The number of carbonyl (C=O) groups excluding carboxylic acids is 2. The maximum absolute atomic E-state index is 13.8. The van der Waals surface area contributed by atoms with E-state index in [4.69, 9.17) is 4.74 Å². The number of ether oxygens (including phenoxy) is 1. The van der Waals surface area contributed by atoms with Crippen molar-refractivity contribution in [2.24, 2.45) is 5.92 Å². The minimum atomic E-state index is -0.607. The number of aromatic nitrogens is 1. The highest BCUT2D eigenvalue weighted by atomic mass is 32.2. The number of rotatable bonds is 7. The molecule has 1 aromatic carbocycles. The molecule has 0 spiro atoms. The fourth-order valence-corrected chi connectivity index (χ4v) is 3.91. The first kappa shape index (κ1) is 23.1. The van der Waals surface area contributed by atoms with E-state index in [2.05, 4.69) is 10.3 Å². The van der Waals surface area contributed by atoms with Crippen LogP contribution in [0.3, 0.4) is 0 Å². The predicted molar refractivity (Wildman–Crippen MR) is 119 cm³/mol. The highest BCUT2D eigenvalue weighted by Crippen LogP contribution is 2.27. The SMILES string of the molecule is CSc1cccc(Oc2ncc(F)cc2C(=O)NC2CCN(C(=O)CC(C)C)CC2)c1. The lowest BCUT2D eigenvalue weighted by Gasteiger charge is -2.33. The molecule has 3 rings (SSSR count). The monoisotopic (exact) mass is 445 g/mol. The van der Waals surface area contributed by atoms with Crippen LogP contribution in [0.25, 0.3) is 0 Å². The molecule has 2 aromatic rings. The van der Waals surface area contributed by atoms with Gasteiger partial charge in [0.2, 0.25) is 11.8 Å². The lowest BCUT2D eigenvalue weighted by molar-refractivity contribution is -0.133. The summed E-state index contributed by atoms with van der Waals surface area (Å²) in [4.78, 5) is 31.9. The van der Waals surface area contributed by atoms with Crippen LogP contribution in [0.2, 0.25) is 0 Å². The Morgan fingerprint density at radius 1 is 1.29 bits per heavy atom. The maximum Gasteiger partial charge on any atom is 0.257 e. The van der Waals surface area contributed by atoms with Crippen molar-refractivity contribution in [2.75, 3.05) is 19.3 Å². The second kappa shape index (κ2) is 10.6. The van der Waals surface area contributed by atoms with E-state index in [1.54, 1.807) is 17.8 Å². The molecule has 166 valence electrons. The van der Waals surface area contributed by atoms with Gasteiger partial charge < -0.3 is 15.0 Å². The molecule has 2 heterocycles. The molecule has 0 radical (unpaired) electrons. The van der Waals surface area contributed by atoms with Gasteiger partial charge in [0.25, 0.3) is 5.91 Å². The molecule has 2 amide bonds. The number of halogens is 1. The summed E-state index contributed by atoms with van der Waals surface area (Å²) < 4.78 is 19.6. The lowest BCUT2D eigenvalue weighted by atomic mass is 10.0. The van der Waals surface area contributed by atoms with Gasteiger partial charge in [0, 0.05) is 30.4 Å². The summed E-state index contributed by atoms with van der Waals surface area (Å²) in [7, 11) is 0. The van der Waals surface area contributed by atoms with Crippen LogP contribution in [-0.2, 0) is 4.79 Å². The largest absolute Gasteiger partial charge is 0.438 e. The van der Waals surface area contributed by atoms with Gasteiger partial charge in [0.05, 0.1) is 6.20 Å². The van der Waals surface area contributed by atoms with Gasteiger partial charge in [-0.05, 0) is 49.3 Å². The zero-order valence-corrected chi connectivity index (χ0v) is 18.9. The zero-order valence-electron chi connectivity index (χ0n) is 18.1. The van der Waals surface area contributed by atoms with Crippen molar-refractivity contribution in [3.05, 3.63) is 47.9 Å². The van der Waals surface area contributed by atoms with Crippen molar-refractivity contribution in [3.63, 3.8) is 0 Å². The Balaban J connectivity index is 1.65. The summed E-state index contributed by atoms with van der Waals surface area (Å²) in [5.41, 5.74) is 0.0490. The van der Waals surface area contributed by atoms with Gasteiger partial charge in [0.1, 0.15) is 17.1 Å². The van der Waals surface area contributed by atoms with E-state index in [9.17, 15) is 14.0 Å². The van der Waals surface area contributed by atoms with Gasteiger partial charge >= 0.3 is 0 Å². The molecule has 1 fully saturated rings.